The lowest BCUT2D eigenvalue weighted by atomic mass is 10.4. The molecule has 94 valence electrons. The van der Waals surface area contributed by atoms with E-state index < -0.39 is 0 Å². The van der Waals surface area contributed by atoms with Crippen LogP contribution in [0.4, 0.5) is 0 Å². The molecule has 0 unspecified atom stereocenters. The molecule has 0 radical (unpaired) electrons. The van der Waals surface area contributed by atoms with Crippen LogP contribution >= 0.6 is 0 Å². The molecule has 2 N–H and O–H groups in total. The van der Waals surface area contributed by atoms with E-state index in [1.807, 2.05) is 6.92 Å². The molecule has 0 aliphatic carbocycles. The third-order valence-electron chi connectivity index (χ3n) is 1.69. The fourth-order valence-corrected chi connectivity index (χ4v) is 0.948. The van der Waals surface area contributed by atoms with Crippen LogP contribution in [0.25, 0.3) is 0 Å². The van der Waals surface area contributed by atoms with Crippen molar-refractivity contribution in [2.45, 2.75) is 6.92 Å². The Kier molecular flexibility index (Phi) is 10.00. The number of amides is 1. The van der Waals surface area contributed by atoms with Gasteiger partial charge in [-0.1, -0.05) is 12.2 Å². The van der Waals surface area contributed by atoms with Gasteiger partial charge in [0.15, 0.2) is 0 Å². The van der Waals surface area contributed by atoms with Gasteiger partial charge in [-0.05, 0) is 6.92 Å². The summed E-state index contributed by atoms with van der Waals surface area (Å²) < 4.78 is 10.1. The molecular formula is C11H22N2O3. The SMILES string of the molecule is C=C(C)COCCNC(=O)CNCCOC. The Bertz CT molecular complexity index is 207. The summed E-state index contributed by atoms with van der Waals surface area (Å²) in [6, 6.07) is 0. The number of hydrogen-bond acceptors (Lipinski definition) is 4. The number of methoxy groups -OCH3 is 1. The lowest BCUT2D eigenvalue weighted by Gasteiger charge is -2.07. The number of carbonyl (C=O) groups excluding carboxylic acids is 1. The van der Waals surface area contributed by atoms with E-state index in [-0.39, 0.29) is 5.91 Å². The molecule has 0 atom stereocenters. The van der Waals surface area contributed by atoms with Crippen LogP contribution in [-0.4, -0.2) is 52.5 Å². The summed E-state index contributed by atoms with van der Waals surface area (Å²) in [6.07, 6.45) is 0. The summed E-state index contributed by atoms with van der Waals surface area (Å²) in [5, 5.41) is 5.69. The van der Waals surface area contributed by atoms with E-state index in [1.165, 1.54) is 0 Å². The topological polar surface area (TPSA) is 59.6 Å². The first-order chi connectivity index (χ1) is 7.66. The van der Waals surface area contributed by atoms with Gasteiger partial charge in [0.1, 0.15) is 0 Å². The molecule has 0 aliphatic heterocycles. The standard InChI is InChI=1S/C11H22N2O3/c1-10(2)9-16-7-5-13-11(14)8-12-4-6-15-3/h12H,1,4-9H2,2-3H3,(H,13,14). The molecule has 0 spiro atoms. The molecule has 1 amide bonds. The highest BCUT2D eigenvalue weighted by Gasteiger charge is 1.98. The van der Waals surface area contributed by atoms with Crippen LogP contribution in [0.1, 0.15) is 6.92 Å². The quantitative estimate of drug-likeness (QED) is 0.407. The highest BCUT2D eigenvalue weighted by atomic mass is 16.5. The largest absolute Gasteiger partial charge is 0.383 e. The number of ether oxygens (including phenoxy) is 2. The van der Waals surface area contributed by atoms with Crippen LogP contribution in [0, 0.1) is 0 Å². The average molecular weight is 230 g/mol. The van der Waals surface area contributed by atoms with Crippen molar-refractivity contribution in [3.05, 3.63) is 12.2 Å². The molecule has 0 aliphatic rings. The Morgan fingerprint density at radius 2 is 2.06 bits per heavy atom. The second-order valence-electron chi connectivity index (χ2n) is 3.53. The minimum absolute atomic E-state index is 0.0324. The highest BCUT2D eigenvalue weighted by molar-refractivity contribution is 5.77. The molecule has 0 bridgehead atoms. The lowest BCUT2D eigenvalue weighted by molar-refractivity contribution is -0.120. The van der Waals surface area contributed by atoms with Gasteiger partial charge in [0.05, 0.1) is 26.4 Å². The zero-order chi connectivity index (χ0) is 12.2. The first-order valence-corrected chi connectivity index (χ1v) is 5.35. The van der Waals surface area contributed by atoms with E-state index in [9.17, 15) is 4.79 Å². The third kappa shape index (κ3) is 11.2. The van der Waals surface area contributed by atoms with Crippen LogP contribution in [-0.2, 0) is 14.3 Å². The molecule has 0 fully saturated rings. The Morgan fingerprint density at radius 1 is 1.31 bits per heavy atom. The fraction of sp³-hybridized carbons (Fsp3) is 0.727. The average Bonchev–Trinajstić information content (AvgIpc) is 2.23. The van der Waals surface area contributed by atoms with Gasteiger partial charge in [-0.15, -0.1) is 0 Å². The Morgan fingerprint density at radius 3 is 2.69 bits per heavy atom. The van der Waals surface area contributed by atoms with Crippen molar-refractivity contribution in [1.29, 1.82) is 0 Å². The maximum absolute atomic E-state index is 11.2. The van der Waals surface area contributed by atoms with E-state index in [4.69, 9.17) is 9.47 Å². The van der Waals surface area contributed by atoms with Crippen molar-refractivity contribution < 1.29 is 14.3 Å². The molecule has 0 rings (SSSR count). The first kappa shape index (κ1) is 15.1. The van der Waals surface area contributed by atoms with Crippen molar-refractivity contribution in [3.8, 4) is 0 Å². The van der Waals surface area contributed by atoms with Gasteiger partial charge in [0.25, 0.3) is 0 Å². The van der Waals surface area contributed by atoms with Crippen molar-refractivity contribution in [1.82, 2.24) is 10.6 Å². The minimum Gasteiger partial charge on any atom is -0.383 e. The molecular weight excluding hydrogens is 208 g/mol. The van der Waals surface area contributed by atoms with E-state index in [0.29, 0.717) is 39.5 Å². The lowest BCUT2D eigenvalue weighted by Crippen LogP contribution is -2.36. The van der Waals surface area contributed by atoms with Crippen LogP contribution in [0.3, 0.4) is 0 Å². The fourth-order valence-electron chi connectivity index (χ4n) is 0.948. The Balaban J connectivity index is 3.20. The second-order valence-corrected chi connectivity index (χ2v) is 3.53. The number of hydrogen-bond donors (Lipinski definition) is 2. The molecule has 0 heterocycles. The zero-order valence-electron chi connectivity index (χ0n) is 10.2. The van der Waals surface area contributed by atoms with E-state index in [0.717, 1.165) is 5.57 Å². The molecule has 0 aromatic heterocycles. The van der Waals surface area contributed by atoms with Crippen LogP contribution in [0.2, 0.25) is 0 Å². The second kappa shape index (κ2) is 10.6. The molecule has 0 saturated carbocycles. The van der Waals surface area contributed by atoms with Gasteiger partial charge in [0, 0.05) is 20.2 Å². The molecule has 0 aromatic carbocycles. The molecule has 0 aromatic rings. The van der Waals surface area contributed by atoms with Crippen molar-refractivity contribution in [3.63, 3.8) is 0 Å². The van der Waals surface area contributed by atoms with E-state index in [1.54, 1.807) is 7.11 Å². The van der Waals surface area contributed by atoms with Crippen LogP contribution in [0.15, 0.2) is 12.2 Å². The van der Waals surface area contributed by atoms with Crippen LogP contribution < -0.4 is 10.6 Å². The van der Waals surface area contributed by atoms with Gasteiger partial charge in [-0.2, -0.15) is 0 Å². The smallest absolute Gasteiger partial charge is 0.234 e. The van der Waals surface area contributed by atoms with Gasteiger partial charge >= 0.3 is 0 Å². The molecule has 5 heteroatoms. The maximum atomic E-state index is 11.2. The predicted octanol–water partition coefficient (Wildman–Crippen LogP) is -0.0687. The predicted molar refractivity (Wildman–Crippen MR) is 63.4 cm³/mol. The summed E-state index contributed by atoms with van der Waals surface area (Å²) in [6.45, 7) is 8.79. The van der Waals surface area contributed by atoms with Crippen molar-refractivity contribution in [2.75, 3.05) is 46.6 Å². The van der Waals surface area contributed by atoms with Gasteiger partial charge in [-0.3, -0.25) is 4.79 Å². The number of carbonyl (C=O) groups is 1. The third-order valence-corrected chi connectivity index (χ3v) is 1.69. The maximum Gasteiger partial charge on any atom is 0.234 e. The summed E-state index contributed by atoms with van der Waals surface area (Å²) >= 11 is 0. The van der Waals surface area contributed by atoms with Gasteiger partial charge in [-0.25, -0.2) is 0 Å². The minimum atomic E-state index is -0.0324. The Hall–Kier alpha value is -0.910. The van der Waals surface area contributed by atoms with Gasteiger partial charge < -0.3 is 20.1 Å². The number of rotatable bonds is 10. The summed E-state index contributed by atoms with van der Waals surface area (Å²) in [4.78, 5) is 11.2. The molecule has 0 saturated heterocycles. The summed E-state index contributed by atoms with van der Waals surface area (Å²) in [7, 11) is 1.63. The van der Waals surface area contributed by atoms with Crippen LogP contribution in [0.5, 0.6) is 0 Å². The van der Waals surface area contributed by atoms with E-state index >= 15 is 0 Å². The zero-order valence-corrected chi connectivity index (χ0v) is 10.2. The highest BCUT2D eigenvalue weighted by Crippen LogP contribution is 1.86. The van der Waals surface area contributed by atoms with Crippen molar-refractivity contribution >= 4 is 5.91 Å². The first-order valence-electron chi connectivity index (χ1n) is 5.35. The van der Waals surface area contributed by atoms with Crippen molar-refractivity contribution in [2.24, 2.45) is 0 Å². The molecule has 16 heavy (non-hydrogen) atoms. The summed E-state index contributed by atoms with van der Waals surface area (Å²) in [5.74, 6) is -0.0324. The molecule has 5 nitrogen and oxygen atoms in total. The Labute approximate surface area is 97.2 Å². The number of nitrogens with one attached hydrogen (secondary N) is 2. The monoisotopic (exact) mass is 230 g/mol. The van der Waals surface area contributed by atoms with E-state index in [2.05, 4.69) is 17.2 Å². The van der Waals surface area contributed by atoms with Gasteiger partial charge in [0.2, 0.25) is 5.91 Å². The summed E-state index contributed by atoms with van der Waals surface area (Å²) in [5.41, 5.74) is 0.979. The normalized spacial score (nSPS) is 10.1.